The number of pyridine rings is 1. The lowest BCUT2D eigenvalue weighted by atomic mass is 9.88. The average Bonchev–Trinajstić information content (AvgIpc) is 3.45. The van der Waals surface area contributed by atoms with Gasteiger partial charge in [-0.3, -0.25) is 19.1 Å². The summed E-state index contributed by atoms with van der Waals surface area (Å²) in [5.74, 6) is 0.00616. The minimum Gasteiger partial charge on any atom is -0.349 e. The van der Waals surface area contributed by atoms with E-state index in [1.807, 2.05) is 32.2 Å². The van der Waals surface area contributed by atoms with Crippen LogP contribution in [0.5, 0.6) is 0 Å². The fraction of sp³-hybridized carbons (Fsp3) is 0.500. The van der Waals surface area contributed by atoms with Crippen LogP contribution >= 0.6 is 0 Å². The Morgan fingerprint density at radius 2 is 2.03 bits per heavy atom. The van der Waals surface area contributed by atoms with Crippen molar-refractivity contribution in [1.82, 2.24) is 10.3 Å². The standard InChI is InChI=1S/C24H33N3O3S/c1-7-24(18-9-11-21(25-14-18)23(4,5)6)13-19(24)22(28)26-16(3)17-8-10-20(15(2)12-17)27-31(29)30/h8-12,14,16,19,27H,7,13H2,1-6H3,(H,26,28)(H,29,30). The SMILES string of the molecule is CCC1(c2ccc(C(C)(C)C)nc2)CC1C(=O)NC(C)c1ccc(NS(=O)O)c(C)c1. The lowest BCUT2D eigenvalue weighted by Gasteiger charge is -2.21. The quantitative estimate of drug-likeness (QED) is 0.537. The lowest BCUT2D eigenvalue weighted by Crippen LogP contribution is -2.31. The molecule has 1 amide bonds. The highest BCUT2D eigenvalue weighted by Gasteiger charge is 2.58. The van der Waals surface area contributed by atoms with Gasteiger partial charge in [-0.05, 0) is 55.5 Å². The molecule has 31 heavy (non-hydrogen) atoms. The maximum Gasteiger partial charge on any atom is 0.259 e. The van der Waals surface area contributed by atoms with Gasteiger partial charge in [0.1, 0.15) is 0 Å². The first-order chi connectivity index (χ1) is 14.5. The van der Waals surface area contributed by atoms with E-state index in [0.29, 0.717) is 5.69 Å². The van der Waals surface area contributed by atoms with Crippen LogP contribution in [0.1, 0.15) is 75.9 Å². The molecular weight excluding hydrogens is 410 g/mol. The van der Waals surface area contributed by atoms with Crippen molar-refractivity contribution in [1.29, 1.82) is 0 Å². The van der Waals surface area contributed by atoms with Gasteiger partial charge < -0.3 is 5.32 Å². The summed E-state index contributed by atoms with van der Waals surface area (Å²) in [6, 6.07) is 9.61. The van der Waals surface area contributed by atoms with Gasteiger partial charge in [-0.2, -0.15) is 0 Å². The van der Waals surface area contributed by atoms with Gasteiger partial charge in [-0.1, -0.05) is 45.9 Å². The van der Waals surface area contributed by atoms with E-state index in [9.17, 15) is 9.00 Å². The van der Waals surface area contributed by atoms with E-state index in [-0.39, 0.29) is 28.7 Å². The molecule has 0 spiro atoms. The highest BCUT2D eigenvalue weighted by molar-refractivity contribution is 7.80. The molecule has 0 aliphatic heterocycles. The van der Waals surface area contributed by atoms with Gasteiger partial charge in [0.05, 0.1) is 11.7 Å². The van der Waals surface area contributed by atoms with Gasteiger partial charge in [-0.15, -0.1) is 0 Å². The van der Waals surface area contributed by atoms with Gasteiger partial charge in [-0.25, -0.2) is 4.21 Å². The maximum atomic E-state index is 13.0. The molecule has 2 aromatic rings. The molecular formula is C24H33N3O3S. The number of anilines is 1. The zero-order chi connectivity index (χ0) is 23.0. The Balaban J connectivity index is 1.69. The van der Waals surface area contributed by atoms with Gasteiger partial charge >= 0.3 is 0 Å². The minimum absolute atomic E-state index is 0.00306. The Morgan fingerprint density at radius 3 is 2.55 bits per heavy atom. The molecule has 4 atom stereocenters. The summed E-state index contributed by atoms with van der Waals surface area (Å²) in [5.41, 5.74) is 4.46. The molecule has 1 fully saturated rings. The van der Waals surface area contributed by atoms with Crippen LogP contribution in [0.15, 0.2) is 36.5 Å². The smallest absolute Gasteiger partial charge is 0.259 e. The maximum absolute atomic E-state index is 13.0. The fourth-order valence-corrected chi connectivity index (χ4v) is 4.67. The van der Waals surface area contributed by atoms with E-state index in [0.717, 1.165) is 35.2 Å². The topological polar surface area (TPSA) is 91.3 Å². The number of nitrogens with zero attached hydrogens (tertiary/aromatic N) is 1. The summed E-state index contributed by atoms with van der Waals surface area (Å²) < 4.78 is 22.5. The highest BCUT2D eigenvalue weighted by Crippen LogP contribution is 2.57. The molecule has 6 nitrogen and oxygen atoms in total. The van der Waals surface area contributed by atoms with Crippen molar-refractivity contribution in [3.05, 3.63) is 58.9 Å². The summed E-state index contributed by atoms with van der Waals surface area (Å²) in [5, 5.41) is 3.15. The number of hydrogen-bond acceptors (Lipinski definition) is 3. The summed E-state index contributed by atoms with van der Waals surface area (Å²) >= 11 is -2.11. The number of aromatic nitrogens is 1. The third kappa shape index (κ3) is 4.99. The molecule has 3 rings (SSSR count). The molecule has 1 heterocycles. The van der Waals surface area contributed by atoms with Crippen LogP contribution in [0.2, 0.25) is 0 Å². The molecule has 1 aromatic heterocycles. The van der Waals surface area contributed by atoms with Crippen molar-refractivity contribution in [2.45, 2.75) is 71.3 Å². The number of amides is 1. The van der Waals surface area contributed by atoms with Crippen molar-refractivity contribution in [3.8, 4) is 0 Å². The van der Waals surface area contributed by atoms with Crippen molar-refractivity contribution < 1.29 is 13.6 Å². The number of benzene rings is 1. The average molecular weight is 444 g/mol. The zero-order valence-corrected chi connectivity index (χ0v) is 20.0. The number of carbonyl (C=O) groups excluding carboxylic acids is 1. The Kier molecular flexibility index (Phi) is 6.58. The van der Waals surface area contributed by atoms with E-state index in [1.54, 1.807) is 6.07 Å². The first kappa shape index (κ1) is 23.4. The van der Waals surface area contributed by atoms with Crippen LogP contribution in [-0.4, -0.2) is 19.7 Å². The summed E-state index contributed by atoms with van der Waals surface area (Å²) in [6.07, 6.45) is 3.68. The second-order valence-electron chi connectivity index (χ2n) is 9.60. The molecule has 1 aliphatic rings. The van der Waals surface area contributed by atoms with Gasteiger partial charge in [0, 0.05) is 28.6 Å². The lowest BCUT2D eigenvalue weighted by molar-refractivity contribution is -0.123. The Hall–Kier alpha value is -2.25. The van der Waals surface area contributed by atoms with E-state index in [2.05, 4.69) is 54.9 Å². The van der Waals surface area contributed by atoms with Crippen molar-refractivity contribution in [2.75, 3.05) is 4.72 Å². The fourth-order valence-electron chi connectivity index (χ4n) is 4.26. The molecule has 1 saturated carbocycles. The van der Waals surface area contributed by atoms with Crippen molar-refractivity contribution in [2.24, 2.45) is 5.92 Å². The molecule has 168 valence electrons. The number of aryl methyl sites for hydroxylation is 1. The van der Waals surface area contributed by atoms with Crippen molar-refractivity contribution in [3.63, 3.8) is 0 Å². The summed E-state index contributed by atoms with van der Waals surface area (Å²) in [7, 11) is 0. The predicted octanol–water partition coefficient (Wildman–Crippen LogP) is 4.78. The molecule has 3 N–H and O–H groups in total. The third-order valence-electron chi connectivity index (χ3n) is 6.44. The Bertz CT molecular complexity index is 985. The summed E-state index contributed by atoms with van der Waals surface area (Å²) in [6.45, 7) is 12.4. The van der Waals surface area contributed by atoms with E-state index < -0.39 is 11.3 Å². The van der Waals surface area contributed by atoms with Crippen LogP contribution in [0.4, 0.5) is 5.69 Å². The summed E-state index contributed by atoms with van der Waals surface area (Å²) in [4.78, 5) is 17.7. The van der Waals surface area contributed by atoms with Crippen LogP contribution in [-0.2, 0) is 26.9 Å². The van der Waals surface area contributed by atoms with E-state index in [4.69, 9.17) is 4.55 Å². The molecule has 0 bridgehead atoms. The van der Waals surface area contributed by atoms with E-state index in [1.165, 1.54) is 0 Å². The van der Waals surface area contributed by atoms with Gasteiger partial charge in [0.15, 0.2) is 0 Å². The Morgan fingerprint density at radius 1 is 1.32 bits per heavy atom. The number of nitrogens with one attached hydrogen (secondary N) is 2. The van der Waals surface area contributed by atoms with Gasteiger partial charge in [0.25, 0.3) is 11.3 Å². The second kappa shape index (κ2) is 8.71. The third-order valence-corrected chi connectivity index (χ3v) is 6.83. The molecule has 4 unspecified atom stereocenters. The first-order valence-corrected chi connectivity index (χ1v) is 11.8. The van der Waals surface area contributed by atoms with Crippen LogP contribution < -0.4 is 10.0 Å². The monoisotopic (exact) mass is 443 g/mol. The molecule has 1 aromatic carbocycles. The highest BCUT2D eigenvalue weighted by atomic mass is 32.2. The number of rotatable bonds is 7. The molecule has 0 saturated heterocycles. The molecule has 7 heteroatoms. The number of carbonyl (C=O) groups is 1. The predicted molar refractivity (Wildman–Crippen MR) is 125 cm³/mol. The number of hydrogen-bond donors (Lipinski definition) is 3. The largest absolute Gasteiger partial charge is 0.349 e. The van der Waals surface area contributed by atoms with Crippen LogP contribution in [0.3, 0.4) is 0 Å². The molecule has 1 aliphatic carbocycles. The van der Waals surface area contributed by atoms with Crippen molar-refractivity contribution >= 4 is 22.9 Å². The normalized spacial score (nSPS) is 22.5. The zero-order valence-electron chi connectivity index (χ0n) is 19.2. The van der Waals surface area contributed by atoms with E-state index >= 15 is 0 Å². The van der Waals surface area contributed by atoms with Crippen LogP contribution in [0, 0.1) is 12.8 Å². The first-order valence-electron chi connectivity index (χ1n) is 10.7. The molecule has 0 radical (unpaired) electrons. The van der Waals surface area contributed by atoms with Crippen LogP contribution in [0.25, 0.3) is 0 Å². The second-order valence-corrected chi connectivity index (χ2v) is 10.3. The minimum atomic E-state index is -2.11. The Labute approximate surface area is 187 Å². The van der Waals surface area contributed by atoms with Gasteiger partial charge in [0.2, 0.25) is 5.91 Å².